The average molecular weight is 340 g/mol. The molecule has 1 aromatic rings. The van der Waals surface area contributed by atoms with Crippen LogP contribution in [0.2, 0.25) is 5.02 Å². The number of sulfonamides is 1. The highest BCUT2D eigenvalue weighted by Crippen LogP contribution is 2.29. The number of hydrogen-bond donors (Lipinski definition) is 1. The summed E-state index contributed by atoms with van der Waals surface area (Å²) < 4.78 is 26.7. The van der Waals surface area contributed by atoms with Crippen LogP contribution < -0.4 is 5.73 Å². The van der Waals surface area contributed by atoms with Crippen molar-refractivity contribution < 1.29 is 8.42 Å². The maximum atomic E-state index is 12.3. The monoisotopic (exact) mass is 338 g/mol. The zero-order valence-electron chi connectivity index (χ0n) is 8.94. The molecule has 1 heterocycles. The molecule has 0 spiro atoms. The molecule has 2 rings (SSSR count). The van der Waals surface area contributed by atoms with Crippen molar-refractivity contribution in [2.45, 2.75) is 17.4 Å². The molecule has 0 radical (unpaired) electrons. The molecule has 0 bridgehead atoms. The number of hydrogen-bond acceptors (Lipinski definition) is 3. The van der Waals surface area contributed by atoms with E-state index in [1.807, 2.05) is 0 Å². The summed E-state index contributed by atoms with van der Waals surface area (Å²) in [6.45, 7) is 0.810. The molecule has 0 aliphatic carbocycles. The predicted octanol–water partition coefficient (Wildman–Crippen LogP) is 1.82. The fourth-order valence-corrected chi connectivity index (χ4v) is 4.32. The summed E-state index contributed by atoms with van der Waals surface area (Å²) in [4.78, 5) is 0.136. The van der Waals surface area contributed by atoms with Gasteiger partial charge in [0.05, 0.1) is 5.02 Å². The van der Waals surface area contributed by atoms with Crippen molar-refractivity contribution in [3.63, 3.8) is 0 Å². The lowest BCUT2D eigenvalue weighted by atomic mass is 10.3. The van der Waals surface area contributed by atoms with E-state index in [1.54, 1.807) is 12.1 Å². The Bertz CT molecular complexity index is 535. The van der Waals surface area contributed by atoms with E-state index < -0.39 is 10.0 Å². The van der Waals surface area contributed by atoms with Crippen molar-refractivity contribution in [1.82, 2.24) is 4.31 Å². The van der Waals surface area contributed by atoms with Crippen molar-refractivity contribution in [3.8, 4) is 0 Å². The van der Waals surface area contributed by atoms with Crippen LogP contribution in [-0.2, 0) is 10.0 Å². The molecule has 1 aromatic carbocycles. The molecule has 17 heavy (non-hydrogen) atoms. The van der Waals surface area contributed by atoms with E-state index in [2.05, 4.69) is 15.9 Å². The summed E-state index contributed by atoms with van der Waals surface area (Å²) >= 11 is 9.20. The normalized spacial score (nSPS) is 21.9. The quantitative estimate of drug-likeness (QED) is 0.894. The lowest BCUT2D eigenvalue weighted by molar-refractivity contribution is 0.472. The van der Waals surface area contributed by atoms with Gasteiger partial charge in [-0.05, 0) is 24.6 Å². The second kappa shape index (κ2) is 4.85. The van der Waals surface area contributed by atoms with Crippen LogP contribution >= 0.6 is 27.5 Å². The van der Waals surface area contributed by atoms with Gasteiger partial charge in [-0.1, -0.05) is 27.5 Å². The largest absolute Gasteiger partial charge is 0.326 e. The third kappa shape index (κ3) is 2.66. The number of nitrogens with two attached hydrogens (primary N) is 1. The Labute approximate surface area is 114 Å². The van der Waals surface area contributed by atoms with Crippen LogP contribution in [0, 0.1) is 0 Å². The minimum atomic E-state index is -3.52. The summed E-state index contributed by atoms with van der Waals surface area (Å²) in [5, 5.41) is 0.222. The first-order valence-electron chi connectivity index (χ1n) is 5.12. The number of rotatable bonds is 2. The molecule has 1 saturated heterocycles. The molecule has 0 amide bonds. The smallest absolute Gasteiger partial charge is 0.244 e. The molecule has 94 valence electrons. The van der Waals surface area contributed by atoms with Gasteiger partial charge in [0, 0.05) is 23.6 Å². The Kier molecular flexibility index (Phi) is 3.80. The zero-order chi connectivity index (χ0) is 12.6. The highest BCUT2D eigenvalue weighted by atomic mass is 79.9. The molecular formula is C10H12BrClN2O2S. The fourth-order valence-electron chi connectivity index (χ4n) is 1.80. The van der Waals surface area contributed by atoms with Crippen LogP contribution in [0.25, 0.3) is 0 Å². The number of halogens is 2. The van der Waals surface area contributed by atoms with Gasteiger partial charge in [0.15, 0.2) is 0 Å². The van der Waals surface area contributed by atoms with Gasteiger partial charge in [0.25, 0.3) is 0 Å². The van der Waals surface area contributed by atoms with Crippen molar-refractivity contribution in [1.29, 1.82) is 0 Å². The molecule has 0 aromatic heterocycles. The summed E-state index contributed by atoms with van der Waals surface area (Å²) in [5.74, 6) is 0. The van der Waals surface area contributed by atoms with E-state index in [1.165, 1.54) is 10.4 Å². The standard InChI is InChI=1S/C10H12BrClN2O2S/c11-7-1-2-10(9(12)5-7)17(15,16)14-4-3-8(13)6-14/h1-2,5,8H,3-4,6,13H2/t8-/m0/s1. The van der Waals surface area contributed by atoms with Gasteiger partial charge in [-0.3, -0.25) is 0 Å². The highest BCUT2D eigenvalue weighted by Gasteiger charge is 2.32. The van der Waals surface area contributed by atoms with Gasteiger partial charge in [-0.2, -0.15) is 4.31 Å². The lowest BCUT2D eigenvalue weighted by Gasteiger charge is -2.16. The van der Waals surface area contributed by atoms with Gasteiger partial charge < -0.3 is 5.73 Å². The zero-order valence-corrected chi connectivity index (χ0v) is 12.1. The third-order valence-corrected chi connectivity index (χ3v) is 5.54. The summed E-state index contributed by atoms with van der Waals surface area (Å²) in [6.07, 6.45) is 0.688. The molecule has 0 unspecified atom stereocenters. The Morgan fingerprint density at radius 1 is 1.47 bits per heavy atom. The summed E-state index contributed by atoms with van der Waals surface area (Å²) in [6, 6.07) is 4.66. The Morgan fingerprint density at radius 3 is 2.71 bits per heavy atom. The fraction of sp³-hybridized carbons (Fsp3) is 0.400. The SMILES string of the molecule is N[C@H]1CCN(S(=O)(=O)c2ccc(Br)cc2Cl)C1. The maximum absolute atomic E-state index is 12.3. The van der Waals surface area contributed by atoms with Crippen molar-refractivity contribution in [2.24, 2.45) is 5.73 Å². The van der Waals surface area contributed by atoms with Crippen LogP contribution in [0.5, 0.6) is 0 Å². The molecule has 7 heteroatoms. The minimum absolute atomic E-state index is 0.0843. The number of benzene rings is 1. The summed E-state index contributed by atoms with van der Waals surface area (Å²) in [7, 11) is -3.52. The van der Waals surface area contributed by atoms with Gasteiger partial charge >= 0.3 is 0 Å². The van der Waals surface area contributed by atoms with Crippen molar-refractivity contribution >= 4 is 37.6 Å². The first kappa shape index (κ1) is 13.3. The molecular weight excluding hydrogens is 328 g/mol. The maximum Gasteiger partial charge on any atom is 0.244 e. The first-order chi connectivity index (χ1) is 7.91. The van der Waals surface area contributed by atoms with Crippen LogP contribution in [-0.4, -0.2) is 31.9 Å². The molecule has 1 fully saturated rings. The van der Waals surface area contributed by atoms with E-state index in [9.17, 15) is 8.42 Å². The molecule has 4 nitrogen and oxygen atoms in total. The molecule has 1 atom stereocenters. The first-order valence-corrected chi connectivity index (χ1v) is 7.73. The highest BCUT2D eigenvalue weighted by molar-refractivity contribution is 9.10. The molecule has 0 saturated carbocycles. The molecule has 1 aliphatic heterocycles. The predicted molar refractivity (Wildman–Crippen MR) is 70.5 cm³/mol. The van der Waals surface area contributed by atoms with E-state index in [-0.39, 0.29) is 16.0 Å². The Morgan fingerprint density at radius 2 is 2.18 bits per heavy atom. The lowest BCUT2D eigenvalue weighted by Crippen LogP contribution is -2.32. The van der Waals surface area contributed by atoms with Gasteiger partial charge in [-0.25, -0.2) is 8.42 Å². The second-order valence-electron chi connectivity index (χ2n) is 3.99. The van der Waals surface area contributed by atoms with Crippen LogP contribution in [0.4, 0.5) is 0 Å². The van der Waals surface area contributed by atoms with E-state index in [0.29, 0.717) is 19.5 Å². The van der Waals surface area contributed by atoms with Crippen molar-refractivity contribution in [3.05, 3.63) is 27.7 Å². The van der Waals surface area contributed by atoms with E-state index in [0.717, 1.165) is 4.47 Å². The second-order valence-corrected chi connectivity index (χ2v) is 7.22. The van der Waals surface area contributed by atoms with Crippen LogP contribution in [0.3, 0.4) is 0 Å². The molecule has 1 aliphatic rings. The van der Waals surface area contributed by atoms with Gasteiger partial charge in [0.2, 0.25) is 10.0 Å². The average Bonchev–Trinajstić information content (AvgIpc) is 2.64. The Hall–Kier alpha value is -0.140. The minimum Gasteiger partial charge on any atom is -0.326 e. The summed E-state index contributed by atoms with van der Waals surface area (Å²) in [5.41, 5.74) is 5.72. The number of nitrogens with zero attached hydrogens (tertiary/aromatic N) is 1. The van der Waals surface area contributed by atoms with E-state index >= 15 is 0 Å². The van der Waals surface area contributed by atoms with Crippen LogP contribution in [0.15, 0.2) is 27.6 Å². The Balaban J connectivity index is 2.38. The topological polar surface area (TPSA) is 63.4 Å². The van der Waals surface area contributed by atoms with Crippen LogP contribution in [0.1, 0.15) is 6.42 Å². The van der Waals surface area contributed by atoms with E-state index in [4.69, 9.17) is 17.3 Å². The van der Waals surface area contributed by atoms with Crippen molar-refractivity contribution in [2.75, 3.05) is 13.1 Å². The van der Waals surface area contributed by atoms with Gasteiger partial charge in [0.1, 0.15) is 4.90 Å². The van der Waals surface area contributed by atoms with Gasteiger partial charge in [-0.15, -0.1) is 0 Å². The third-order valence-electron chi connectivity index (χ3n) is 2.70. The molecule has 2 N–H and O–H groups in total.